The number of aromatic nitrogens is 1. The van der Waals surface area contributed by atoms with Gasteiger partial charge >= 0.3 is 5.97 Å². The lowest BCUT2D eigenvalue weighted by atomic mass is 9.86. The summed E-state index contributed by atoms with van der Waals surface area (Å²) >= 11 is 0. The molecule has 9 heteroatoms. The molecule has 0 spiro atoms. The first kappa shape index (κ1) is 27.6. The Hall–Kier alpha value is -3.43. The van der Waals surface area contributed by atoms with Crippen LogP contribution in [0.2, 0.25) is 0 Å². The number of sulfonamides is 1. The van der Waals surface area contributed by atoms with Crippen LogP contribution in [-0.4, -0.2) is 50.0 Å². The largest absolute Gasteiger partial charge is 0.495 e. The molecular weight excluding hydrogens is 504 g/mol. The van der Waals surface area contributed by atoms with Gasteiger partial charge in [-0.25, -0.2) is 8.42 Å². The summed E-state index contributed by atoms with van der Waals surface area (Å²) in [6, 6.07) is 14.5. The molecule has 1 aliphatic rings. The first-order valence-corrected chi connectivity index (χ1v) is 14.1. The Morgan fingerprint density at radius 3 is 2.68 bits per heavy atom. The van der Waals surface area contributed by atoms with Crippen molar-refractivity contribution < 1.29 is 27.4 Å². The number of carbonyl (C=O) groups is 1. The lowest BCUT2D eigenvalue weighted by molar-refractivity contribution is -0.143. The summed E-state index contributed by atoms with van der Waals surface area (Å²) in [6.45, 7) is 8.16. The number of benzene rings is 2. The van der Waals surface area contributed by atoms with E-state index in [0.717, 1.165) is 27.9 Å². The zero-order valence-electron chi connectivity index (χ0n) is 22.4. The smallest absolute Gasteiger partial charge is 0.306 e. The van der Waals surface area contributed by atoms with Crippen LogP contribution in [0.3, 0.4) is 0 Å². The average Bonchev–Trinajstić information content (AvgIpc) is 2.98. The van der Waals surface area contributed by atoms with Gasteiger partial charge in [0, 0.05) is 18.2 Å². The third-order valence-electron chi connectivity index (χ3n) is 6.77. The molecule has 0 saturated carbocycles. The predicted octanol–water partition coefficient (Wildman–Crippen LogP) is 4.76. The highest BCUT2D eigenvalue weighted by molar-refractivity contribution is 7.89. The van der Waals surface area contributed by atoms with Crippen LogP contribution >= 0.6 is 0 Å². The minimum Gasteiger partial charge on any atom is -0.495 e. The van der Waals surface area contributed by atoms with Crippen LogP contribution in [0.15, 0.2) is 59.6 Å². The van der Waals surface area contributed by atoms with Gasteiger partial charge in [0.05, 0.1) is 32.9 Å². The summed E-state index contributed by atoms with van der Waals surface area (Å²) in [5.41, 5.74) is 4.30. The molecule has 3 aromatic rings. The van der Waals surface area contributed by atoms with Crippen molar-refractivity contribution in [2.75, 3.05) is 20.3 Å². The van der Waals surface area contributed by atoms with E-state index in [1.165, 1.54) is 4.31 Å². The maximum absolute atomic E-state index is 13.6. The van der Waals surface area contributed by atoms with Crippen LogP contribution in [0, 0.1) is 13.8 Å². The van der Waals surface area contributed by atoms with Crippen molar-refractivity contribution in [3.05, 3.63) is 82.7 Å². The van der Waals surface area contributed by atoms with Gasteiger partial charge < -0.3 is 14.2 Å². The van der Waals surface area contributed by atoms with Crippen molar-refractivity contribution >= 4 is 16.0 Å². The van der Waals surface area contributed by atoms with Crippen molar-refractivity contribution in [2.45, 2.75) is 57.6 Å². The highest BCUT2D eigenvalue weighted by Crippen LogP contribution is 2.35. The van der Waals surface area contributed by atoms with E-state index in [4.69, 9.17) is 14.2 Å². The van der Waals surface area contributed by atoms with E-state index in [-0.39, 0.29) is 49.0 Å². The number of rotatable bonds is 8. The van der Waals surface area contributed by atoms with Gasteiger partial charge in [0.25, 0.3) is 0 Å². The number of methoxy groups -OCH3 is 1. The number of ether oxygens (including phenoxy) is 3. The van der Waals surface area contributed by atoms with Crippen molar-refractivity contribution in [3.8, 4) is 11.5 Å². The highest BCUT2D eigenvalue weighted by atomic mass is 32.2. The summed E-state index contributed by atoms with van der Waals surface area (Å²) in [5.74, 6) is 0.290. The zero-order chi connectivity index (χ0) is 27.4. The average molecular weight is 539 g/mol. The van der Waals surface area contributed by atoms with Gasteiger partial charge in [-0.3, -0.25) is 9.78 Å². The molecule has 38 heavy (non-hydrogen) atoms. The Bertz CT molecular complexity index is 1420. The van der Waals surface area contributed by atoms with E-state index in [0.29, 0.717) is 11.5 Å². The maximum atomic E-state index is 13.6. The number of hydrogen-bond donors (Lipinski definition) is 0. The Kier molecular flexibility index (Phi) is 8.38. The van der Waals surface area contributed by atoms with Crippen LogP contribution in [0.4, 0.5) is 0 Å². The fourth-order valence-electron chi connectivity index (χ4n) is 4.74. The number of carbonyl (C=O) groups excluding carboxylic acids is 1. The monoisotopic (exact) mass is 538 g/mol. The van der Waals surface area contributed by atoms with Crippen molar-refractivity contribution in [1.82, 2.24) is 9.29 Å². The summed E-state index contributed by atoms with van der Waals surface area (Å²) in [5, 5.41) is 0. The van der Waals surface area contributed by atoms with Crippen LogP contribution in [-0.2, 0) is 26.1 Å². The molecule has 0 saturated heterocycles. The van der Waals surface area contributed by atoms with E-state index < -0.39 is 10.0 Å². The number of pyridine rings is 1. The second-order valence-corrected chi connectivity index (χ2v) is 11.4. The van der Waals surface area contributed by atoms with Crippen LogP contribution < -0.4 is 9.47 Å². The van der Waals surface area contributed by atoms with Gasteiger partial charge in [0.15, 0.2) is 0 Å². The topological polar surface area (TPSA) is 95.0 Å². The molecule has 4 rings (SSSR count). The molecular formula is C29H34N2O6S. The van der Waals surface area contributed by atoms with E-state index in [1.807, 2.05) is 45.0 Å². The molecule has 0 radical (unpaired) electrons. The second-order valence-electron chi connectivity index (χ2n) is 9.47. The normalized spacial score (nSPS) is 17.6. The van der Waals surface area contributed by atoms with Gasteiger partial charge in [-0.1, -0.05) is 30.3 Å². The number of nitrogens with zero attached hydrogens (tertiary/aromatic N) is 2. The number of hydrogen-bond acceptors (Lipinski definition) is 7. The third-order valence-corrected chi connectivity index (χ3v) is 8.62. The molecule has 1 aliphatic heterocycles. The number of esters is 1. The van der Waals surface area contributed by atoms with Crippen molar-refractivity contribution in [3.63, 3.8) is 0 Å². The minimum atomic E-state index is -3.79. The molecule has 0 aliphatic carbocycles. The lowest BCUT2D eigenvalue weighted by Gasteiger charge is -2.24. The number of aryl methyl sites for hydroxylation is 2. The fourth-order valence-corrected chi connectivity index (χ4v) is 6.36. The molecule has 2 heterocycles. The van der Waals surface area contributed by atoms with E-state index in [1.54, 1.807) is 44.5 Å². The van der Waals surface area contributed by atoms with E-state index in [9.17, 15) is 13.2 Å². The number of fused-ring (bicyclic) bond motifs is 1. The zero-order valence-corrected chi connectivity index (χ0v) is 23.2. The molecule has 8 nitrogen and oxygen atoms in total. The quantitative estimate of drug-likeness (QED) is 0.382. The van der Waals surface area contributed by atoms with Gasteiger partial charge in [-0.2, -0.15) is 4.31 Å². The molecule has 0 N–H and O–H groups in total. The van der Waals surface area contributed by atoms with Gasteiger partial charge in [0.2, 0.25) is 10.0 Å². The van der Waals surface area contributed by atoms with Gasteiger partial charge in [0.1, 0.15) is 22.5 Å². The van der Waals surface area contributed by atoms with Gasteiger partial charge in [-0.05, 0) is 68.1 Å². The standard InChI is InChI=1S/C29H34N2O6S/c1-6-36-29(32)15-26(25-14-24(35-5)16-30-21(25)4)22-12-11-19(2)23(13-22)18-31-17-20(3)37-27-9-7-8-10-28(27)38(31,33)34/h7-14,16,20,26H,6,15,17-18H2,1-5H3. The van der Waals surface area contributed by atoms with Crippen molar-refractivity contribution in [1.29, 1.82) is 0 Å². The Labute approximate surface area is 224 Å². The summed E-state index contributed by atoms with van der Waals surface area (Å²) in [6.07, 6.45) is 1.44. The molecule has 2 unspecified atom stereocenters. The molecule has 2 aromatic carbocycles. The molecule has 0 amide bonds. The second kappa shape index (κ2) is 11.5. The summed E-state index contributed by atoms with van der Waals surface area (Å²) in [7, 11) is -2.21. The van der Waals surface area contributed by atoms with Crippen LogP contribution in [0.1, 0.15) is 54.1 Å². The summed E-state index contributed by atoms with van der Waals surface area (Å²) < 4.78 is 45.3. The Balaban J connectivity index is 1.75. The molecule has 0 fully saturated rings. The molecule has 0 bridgehead atoms. The predicted molar refractivity (Wildman–Crippen MR) is 144 cm³/mol. The molecule has 2 atom stereocenters. The Morgan fingerprint density at radius 2 is 1.95 bits per heavy atom. The van der Waals surface area contributed by atoms with Crippen LogP contribution in [0.5, 0.6) is 11.5 Å². The molecule has 202 valence electrons. The minimum absolute atomic E-state index is 0.117. The Morgan fingerprint density at radius 1 is 1.18 bits per heavy atom. The first-order valence-electron chi connectivity index (χ1n) is 12.7. The SMILES string of the molecule is CCOC(=O)CC(c1ccc(C)c(CN2CC(C)Oc3ccccc3S2(=O)=O)c1)c1cc(OC)cnc1C. The lowest BCUT2D eigenvalue weighted by Crippen LogP contribution is -2.35. The third kappa shape index (κ3) is 5.84. The van der Waals surface area contributed by atoms with Crippen LogP contribution in [0.25, 0.3) is 0 Å². The van der Waals surface area contributed by atoms with Gasteiger partial charge in [-0.15, -0.1) is 0 Å². The van der Waals surface area contributed by atoms with Crippen molar-refractivity contribution in [2.24, 2.45) is 0 Å². The summed E-state index contributed by atoms with van der Waals surface area (Å²) in [4.78, 5) is 17.3. The fraction of sp³-hybridized carbons (Fsp3) is 0.379. The van der Waals surface area contributed by atoms with E-state index >= 15 is 0 Å². The first-order chi connectivity index (χ1) is 18.1. The highest BCUT2D eigenvalue weighted by Gasteiger charge is 2.33. The maximum Gasteiger partial charge on any atom is 0.306 e. The number of para-hydroxylation sites is 1. The molecule has 1 aromatic heterocycles. The van der Waals surface area contributed by atoms with E-state index in [2.05, 4.69) is 4.98 Å².